The minimum atomic E-state index is -0.830. The van der Waals surface area contributed by atoms with Gasteiger partial charge >= 0.3 is 93.5 Å². The predicted molar refractivity (Wildman–Crippen MR) is 53.0 cm³/mol. The van der Waals surface area contributed by atoms with Crippen LogP contribution in [-0.2, 0) is 24.6 Å². The Morgan fingerprint density at radius 1 is 1.23 bits per heavy atom. The molecule has 0 N–H and O–H groups in total. The fourth-order valence-corrected chi connectivity index (χ4v) is 5.13. The van der Waals surface area contributed by atoms with Gasteiger partial charge in [-0.05, 0) is 0 Å². The summed E-state index contributed by atoms with van der Waals surface area (Å²) in [7, 11) is 0. The Morgan fingerprint density at radius 3 is 2.54 bits per heavy atom. The molecule has 0 radical (unpaired) electrons. The van der Waals surface area contributed by atoms with E-state index in [9.17, 15) is 0 Å². The van der Waals surface area contributed by atoms with Crippen molar-refractivity contribution in [2.75, 3.05) is 0 Å². The zero-order valence-corrected chi connectivity index (χ0v) is 13.9. The van der Waals surface area contributed by atoms with E-state index in [1.807, 2.05) is 18.2 Å². The molecule has 0 atom stereocenters. The van der Waals surface area contributed by atoms with Crippen molar-refractivity contribution < 1.29 is 24.6 Å². The molecule has 0 saturated heterocycles. The molecule has 1 rings (SSSR count). The van der Waals surface area contributed by atoms with Crippen molar-refractivity contribution in [2.45, 2.75) is 17.8 Å². The molecule has 0 amide bonds. The average Bonchev–Trinajstić information content (AvgIpc) is 2.14. The molecular weight excluding hydrogens is 345 g/mol. The van der Waals surface area contributed by atoms with Crippen molar-refractivity contribution in [3.63, 3.8) is 0 Å². The number of hydrogen-bond donors (Lipinski definition) is 0. The Bertz CT molecular complexity index is 290. The minimum absolute atomic E-state index is 0.830. The Kier molecular flexibility index (Phi) is 5.16. The van der Waals surface area contributed by atoms with Crippen LogP contribution in [-0.4, -0.2) is 0 Å². The summed E-state index contributed by atoms with van der Waals surface area (Å²) in [4.78, 5) is 0. The molecule has 0 unspecified atom stereocenters. The fraction of sp³-hybridized carbons (Fsp3) is 0.333. The molecule has 0 aromatic heterocycles. The van der Waals surface area contributed by atoms with Crippen LogP contribution in [0, 0.1) is 15.3 Å². The van der Waals surface area contributed by atoms with Crippen LogP contribution in [0.1, 0.15) is 19.4 Å². The summed E-state index contributed by atoms with van der Waals surface area (Å²) < 4.78 is 4.82. The molecule has 0 fully saturated rings. The van der Waals surface area contributed by atoms with Crippen molar-refractivity contribution in [2.24, 2.45) is 5.92 Å². The molecular formula is C12H14Hg. The normalized spacial score (nSPS) is 8.85. The van der Waals surface area contributed by atoms with Gasteiger partial charge in [0.25, 0.3) is 0 Å². The van der Waals surface area contributed by atoms with Crippen molar-refractivity contribution in [3.8, 4) is 9.35 Å². The summed E-state index contributed by atoms with van der Waals surface area (Å²) >= 11 is -0.830. The van der Waals surface area contributed by atoms with E-state index >= 15 is 0 Å². The van der Waals surface area contributed by atoms with E-state index in [1.165, 1.54) is 9.49 Å². The maximum atomic E-state index is 3.41. The van der Waals surface area contributed by atoms with Crippen LogP contribution in [0.15, 0.2) is 30.3 Å². The molecule has 0 aliphatic rings. The van der Waals surface area contributed by atoms with Crippen molar-refractivity contribution in [1.29, 1.82) is 0 Å². The van der Waals surface area contributed by atoms with Crippen LogP contribution >= 0.6 is 0 Å². The maximum absolute atomic E-state index is 3.41. The van der Waals surface area contributed by atoms with Gasteiger partial charge < -0.3 is 0 Å². The second-order valence-corrected chi connectivity index (χ2v) is 9.16. The van der Waals surface area contributed by atoms with Crippen molar-refractivity contribution in [1.82, 2.24) is 0 Å². The topological polar surface area (TPSA) is 0 Å². The quantitative estimate of drug-likeness (QED) is 0.563. The Hall–Kier alpha value is -0.285. The first-order valence-corrected chi connectivity index (χ1v) is 11.5. The Labute approximate surface area is 93.2 Å². The number of rotatable bonds is 2. The Balaban J connectivity index is 2.40. The Morgan fingerprint density at radius 2 is 1.92 bits per heavy atom. The van der Waals surface area contributed by atoms with Gasteiger partial charge in [-0.3, -0.25) is 0 Å². The molecule has 0 aliphatic carbocycles. The first-order valence-electron chi connectivity index (χ1n) is 4.83. The zero-order valence-electron chi connectivity index (χ0n) is 8.38. The van der Waals surface area contributed by atoms with E-state index in [4.69, 9.17) is 0 Å². The summed E-state index contributed by atoms with van der Waals surface area (Å²) in [5, 5.41) is 0. The molecule has 0 nitrogen and oxygen atoms in total. The van der Waals surface area contributed by atoms with Crippen LogP contribution in [0.5, 0.6) is 0 Å². The van der Waals surface area contributed by atoms with E-state index in [0.717, 1.165) is 5.92 Å². The van der Waals surface area contributed by atoms with Gasteiger partial charge in [0.05, 0.1) is 0 Å². The van der Waals surface area contributed by atoms with E-state index in [-0.39, 0.29) is 0 Å². The summed E-state index contributed by atoms with van der Waals surface area (Å²) in [6.07, 6.45) is 0. The van der Waals surface area contributed by atoms with E-state index in [0.29, 0.717) is 0 Å². The second-order valence-electron chi connectivity index (χ2n) is 3.60. The van der Waals surface area contributed by atoms with Gasteiger partial charge in [0.15, 0.2) is 0 Å². The number of hydrogen-bond acceptors (Lipinski definition) is 0. The van der Waals surface area contributed by atoms with E-state index in [2.05, 4.69) is 35.3 Å². The fourth-order valence-electron chi connectivity index (χ4n) is 1.05. The van der Waals surface area contributed by atoms with Crippen LogP contribution in [0.25, 0.3) is 0 Å². The van der Waals surface area contributed by atoms with Gasteiger partial charge in [-0.2, -0.15) is 0 Å². The molecule has 0 bridgehead atoms. The summed E-state index contributed by atoms with van der Waals surface area (Å²) in [5.74, 6) is 4.10. The zero-order chi connectivity index (χ0) is 9.52. The van der Waals surface area contributed by atoms with Gasteiger partial charge in [-0.25, -0.2) is 0 Å². The van der Waals surface area contributed by atoms with Crippen molar-refractivity contribution in [3.05, 3.63) is 35.9 Å². The standard InChI is InChI=1S/C8H5.C4H9.Hg/c1-2-8-6-4-3-5-7-8;1-4(2)3;/h3-7H;4H,1H2,2-3H3;. The van der Waals surface area contributed by atoms with Gasteiger partial charge in [-0.15, -0.1) is 0 Å². The van der Waals surface area contributed by atoms with Crippen molar-refractivity contribution >= 4 is 0 Å². The first-order chi connectivity index (χ1) is 6.29. The average molecular weight is 359 g/mol. The van der Waals surface area contributed by atoms with Crippen LogP contribution in [0.3, 0.4) is 0 Å². The first kappa shape index (κ1) is 10.8. The molecule has 13 heavy (non-hydrogen) atoms. The SMILES string of the molecule is CC(C)[CH2][Hg][C]#Cc1ccccc1. The monoisotopic (exact) mass is 360 g/mol. The summed E-state index contributed by atoms with van der Waals surface area (Å²) in [6.45, 7) is 4.56. The van der Waals surface area contributed by atoms with Gasteiger partial charge in [-0.1, -0.05) is 0 Å². The molecule has 0 heterocycles. The third kappa shape index (κ3) is 5.11. The predicted octanol–water partition coefficient (Wildman–Crippen LogP) is 3.15. The van der Waals surface area contributed by atoms with E-state index in [1.54, 1.807) is 0 Å². The summed E-state index contributed by atoms with van der Waals surface area (Å²) in [5.41, 5.74) is 1.17. The third-order valence-electron chi connectivity index (χ3n) is 1.85. The number of benzene rings is 1. The van der Waals surface area contributed by atoms with Gasteiger partial charge in [0.2, 0.25) is 0 Å². The summed E-state index contributed by atoms with van der Waals surface area (Å²) in [6, 6.07) is 10.3. The molecule has 0 spiro atoms. The second kappa shape index (κ2) is 6.21. The third-order valence-corrected chi connectivity index (χ3v) is 9.12. The van der Waals surface area contributed by atoms with E-state index < -0.39 is 24.6 Å². The molecule has 1 heteroatoms. The van der Waals surface area contributed by atoms with Gasteiger partial charge in [0, 0.05) is 0 Å². The van der Waals surface area contributed by atoms with Crippen LogP contribution < -0.4 is 0 Å². The molecule has 1 aromatic rings. The molecule has 64 valence electrons. The van der Waals surface area contributed by atoms with Crippen LogP contribution in [0.2, 0.25) is 3.93 Å². The molecule has 0 saturated carbocycles. The van der Waals surface area contributed by atoms with Gasteiger partial charge in [0.1, 0.15) is 0 Å². The molecule has 0 aliphatic heterocycles. The van der Waals surface area contributed by atoms with Crippen LogP contribution in [0.4, 0.5) is 0 Å². The molecule has 1 aromatic carbocycles.